The lowest BCUT2D eigenvalue weighted by atomic mass is 10.1. The number of nitrogens with zero attached hydrogens (tertiary/aromatic N) is 3. The van der Waals surface area contributed by atoms with Gasteiger partial charge in [0.15, 0.2) is 0 Å². The van der Waals surface area contributed by atoms with Crippen LogP contribution in [0.3, 0.4) is 0 Å². The zero-order valence-corrected chi connectivity index (χ0v) is 14.9. The summed E-state index contributed by atoms with van der Waals surface area (Å²) in [6.45, 7) is 1.06. The lowest BCUT2D eigenvalue weighted by Gasteiger charge is -2.30. The van der Waals surface area contributed by atoms with E-state index in [9.17, 15) is 4.79 Å². The lowest BCUT2D eigenvalue weighted by molar-refractivity contribution is 0.0895. The number of fused-ring (bicyclic) bond motifs is 1. The van der Waals surface area contributed by atoms with Gasteiger partial charge in [0.1, 0.15) is 17.5 Å². The molecule has 1 aromatic carbocycles. The number of carboxylic acid groups (broad SMARTS) is 1. The Kier molecular flexibility index (Phi) is 5.32. The van der Waals surface area contributed by atoms with E-state index in [0.29, 0.717) is 13.1 Å². The summed E-state index contributed by atoms with van der Waals surface area (Å²) in [6, 6.07) is 12.1. The quantitative estimate of drug-likeness (QED) is 0.755. The molecule has 2 aromatic heterocycles. The van der Waals surface area contributed by atoms with Gasteiger partial charge in [-0.1, -0.05) is 12.1 Å². The van der Waals surface area contributed by atoms with Crippen LogP contribution in [0, 0.1) is 0 Å². The van der Waals surface area contributed by atoms with Gasteiger partial charge in [0.05, 0.1) is 0 Å². The highest BCUT2D eigenvalue weighted by Crippen LogP contribution is 2.25. The van der Waals surface area contributed by atoms with Gasteiger partial charge in [-0.2, -0.15) is 0 Å². The fourth-order valence-electron chi connectivity index (χ4n) is 3.17. The largest absolute Gasteiger partial charge is 0.490 e. The van der Waals surface area contributed by atoms with Crippen LogP contribution in [-0.4, -0.2) is 44.7 Å². The zero-order valence-electron chi connectivity index (χ0n) is 14.1. The number of hydrogen-bond acceptors (Lipinski definition) is 3. The van der Waals surface area contributed by atoms with Crippen molar-refractivity contribution in [1.82, 2.24) is 14.3 Å². The summed E-state index contributed by atoms with van der Waals surface area (Å²) >= 11 is 0. The number of rotatable bonds is 3. The minimum absolute atomic E-state index is 0. The molecule has 0 aliphatic carbocycles. The number of benzene rings is 1. The molecule has 4 rings (SSSR count). The molecule has 3 heterocycles. The molecular formula is C19H20ClN3O3. The molecule has 3 aromatic rings. The third-order valence-electron chi connectivity index (χ3n) is 4.60. The van der Waals surface area contributed by atoms with Gasteiger partial charge in [-0.15, -0.1) is 12.4 Å². The number of piperidine rings is 1. The molecule has 1 aliphatic heterocycles. The van der Waals surface area contributed by atoms with Crippen LogP contribution in [0.25, 0.3) is 16.8 Å². The van der Waals surface area contributed by atoms with Crippen LogP contribution in [0.4, 0.5) is 4.79 Å². The standard InChI is InChI=1S/C19H19N3O3.ClH/c23-19(24)22-10-6-17(7-11-22)25-16-3-1-14(2-4-16)15-5-9-21-12-8-20-18(21)13-15;/h1-5,8-9,12-13,17H,6-7,10-11H2,(H,23,24);1H. The topological polar surface area (TPSA) is 67.1 Å². The van der Waals surface area contributed by atoms with Crippen LogP contribution < -0.4 is 4.74 Å². The average molecular weight is 374 g/mol. The Hall–Kier alpha value is -2.73. The van der Waals surface area contributed by atoms with Crippen molar-refractivity contribution in [2.24, 2.45) is 0 Å². The van der Waals surface area contributed by atoms with Crippen molar-refractivity contribution in [2.45, 2.75) is 18.9 Å². The number of likely N-dealkylation sites (tertiary alicyclic amines) is 1. The van der Waals surface area contributed by atoms with E-state index in [4.69, 9.17) is 9.84 Å². The predicted octanol–water partition coefficient (Wildman–Crippen LogP) is 3.94. The van der Waals surface area contributed by atoms with Crippen LogP contribution in [0.15, 0.2) is 55.0 Å². The molecule has 0 radical (unpaired) electrons. The number of hydrogen-bond donors (Lipinski definition) is 1. The molecule has 0 spiro atoms. The predicted molar refractivity (Wildman–Crippen MR) is 101 cm³/mol. The van der Waals surface area contributed by atoms with Crippen molar-refractivity contribution in [3.8, 4) is 16.9 Å². The molecule has 0 saturated carbocycles. The summed E-state index contributed by atoms with van der Waals surface area (Å²) in [5.74, 6) is 0.819. The van der Waals surface area contributed by atoms with Gasteiger partial charge >= 0.3 is 6.09 Å². The average Bonchev–Trinajstić information content (AvgIpc) is 3.10. The van der Waals surface area contributed by atoms with E-state index in [0.717, 1.165) is 35.4 Å². The first kappa shape index (κ1) is 18.1. The van der Waals surface area contributed by atoms with Crippen LogP contribution in [-0.2, 0) is 0 Å². The molecule has 7 heteroatoms. The monoisotopic (exact) mass is 373 g/mol. The minimum atomic E-state index is -0.850. The molecule has 0 unspecified atom stereocenters. The lowest BCUT2D eigenvalue weighted by Crippen LogP contribution is -2.41. The van der Waals surface area contributed by atoms with Gasteiger partial charge in [0, 0.05) is 44.5 Å². The molecule has 0 atom stereocenters. The molecule has 26 heavy (non-hydrogen) atoms. The molecular weight excluding hydrogens is 354 g/mol. The van der Waals surface area contributed by atoms with Gasteiger partial charge in [-0.05, 0) is 35.4 Å². The van der Waals surface area contributed by atoms with E-state index in [1.165, 1.54) is 4.90 Å². The molecule has 136 valence electrons. The maximum absolute atomic E-state index is 10.9. The van der Waals surface area contributed by atoms with Gasteiger partial charge in [-0.25, -0.2) is 9.78 Å². The van der Waals surface area contributed by atoms with E-state index in [1.807, 2.05) is 41.1 Å². The first-order chi connectivity index (χ1) is 12.2. The number of carbonyl (C=O) groups is 1. The van der Waals surface area contributed by atoms with Crippen molar-refractivity contribution in [3.05, 3.63) is 55.0 Å². The first-order valence-electron chi connectivity index (χ1n) is 8.37. The van der Waals surface area contributed by atoms with Crippen LogP contribution in [0.5, 0.6) is 5.75 Å². The van der Waals surface area contributed by atoms with E-state index in [-0.39, 0.29) is 18.5 Å². The molecule has 1 amide bonds. The molecule has 6 nitrogen and oxygen atoms in total. The summed E-state index contributed by atoms with van der Waals surface area (Å²) in [7, 11) is 0. The number of amides is 1. The third-order valence-corrected chi connectivity index (χ3v) is 4.60. The maximum atomic E-state index is 10.9. The number of imidazole rings is 1. The van der Waals surface area contributed by atoms with Crippen molar-refractivity contribution in [1.29, 1.82) is 0 Å². The second-order valence-electron chi connectivity index (χ2n) is 6.22. The highest BCUT2D eigenvalue weighted by Gasteiger charge is 2.23. The molecule has 1 saturated heterocycles. The van der Waals surface area contributed by atoms with Gasteiger partial charge in [0.25, 0.3) is 0 Å². The van der Waals surface area contributed by atoms with Gasteiger partial charge in [0.2, 0.25) is 0 Å². The molecule has 0 bridgehead atoms. The highest BCUT2D eigenvalue weighted by molar-refractivity contribution is 5.85. The highest BCUT2D eigenvalue weighted by atomic mass is 35.5. The van der Waals surface area contributed by atoms with Crippen LogP contribution in [0.1, 0.15) is 12.8 Å². The Bertz CT molecular complexity index is 886. The normalized spacial score (nSPS) is 14.8. The summed E-state index contributed by atoms with van der Waals surface area (Å²) < 4.78 is 7.97. The Morgan fingerprint density at radius 3 is 2.50 bits per heavy atom. The Labute approximate surface area is 157 Å². The summed E-state index contributed by atoms with van der Waals surface area (Å²) in [5, 5.41) is 8.98. The van der Waals surface area contributed by atoms with Crippen molar-refractivity contribution < 1.29 is 14.6 Å². The van der Waals surface area contributed by atoms with Crippen molar-refractivity contribution in [3.63, 3.8) is 0 Å². The fraction of sp³-hybridized carbons (Fsp3) is 0.263. The maximum Gasteiger partial charge on any atom is 0.407 e. The SMILES string of the molecule is Cl.O=C(O)N1CCC(Oc2ccc(-c3ccn4ccnc4c3)cc2)CC1. The number of aromatic nitrogens is 2. The first-order valence-corrected chi connectivity index (χ1v) is 8.37. The Morgan fingerprint density at radius 2 is 1.81 bits per heavy atom. The fourth-order valence-corrected chi connectivity index (χ4v) is 3.17. The van der Waals surface area contributed by atoms with Gasteiger partial charge in [-0.3, -0.25) is 0 Å². The third kappa shape index (κ3) is 3.75. The van der Waals surface area contributed by atoms with Crippen molar-refractivity contribution in [2.75, 3.05) is 13.1 Å². The molecule has 1 N–H and O–H groups in total. The second kappa shape index (κ2) is 7.66. The number of pyridine rings is 1. The van der Waals surface area contributed by atoms with Crippen LogP contribution in [0.2, 0.25) is 0 Å². The second-order valence-corrected chi connectivity index (χ2v) is 6.22. The summed E-state index contributed by atoms with van der Waals surface area (Å²) in [6.07, 6.45) is 6.38. The number of ether oxygens (including phenoxy) is 1. The molecule has 1 aliphatic rings. The zero-order chi connectivity index (χ0) is 17.2. The Balaban J connectivity index is 0.00000196. The van der Waals surface area contributed by atoms with E-state index in [1.54, 1.807) is 6.20 Å². The number of halogens is 1. The van der Waals surface area contributed by atoms with Crippen LogP contribution >= 0.6 is 12.4 Å². The minimum Gasteiger partial charge on any atom is -0.490 e. The van der Waals surface area contributed by atoms with E-state index < -0.39 is 6.09 Å². The Morgan fingerprint density at radius 1 is 1.08 bits per heavy atom. The summed E-state index contributed by atoms with van der Waals surface area (Å²) in [4.78, 5) is 16.7. The summed E-state index contributed by atoms with van der Waals surface area (Å²) in [5.41, 5.74) is 3.14. The smallest absolute Gasteiger partial charge is 0.407 e. The van der Waals surface area contributed by atoms with Crippen molar-refractivity contribution >= 4 is 24.1 Å². The van der Waals surface area contributed by atoms with E-state index in [2.05, 4.69) is 17.1 Å². The molecule has 1 fully saturated rings. The van der Waals surface area contributed by atoms with Gasteiger partial charge < -0.3 is 19.1 Å². The van der Waals surface area contributed by atoms with E-state index >= 15 is 0 Å².